The number of benzene rings is 1. The number of rotatable bonds is 2. The molecule has 1 aromatic rings. The molecule has 20 heavy (non-hydrogen) atoms. The van der Waals surface area contributed by atoms with Crippen molar-refractivity contribution in [2.45, 2.75) is 31.3 Å². The maximum Gasteiger partial charge on any atom is 0.282 e. The Bertz CT molecular complexity index is 711. The molecule has 3 nitrogen and oxygen atoms in total. The number of nitrogens with zero attached hydrogens (tertiary/aromatic N) is 1. The van der Waals surface area contributed by atoms with Crippen molar-refractivity contribution in [3.8, 4) is 0 Å². The Balaban J connectivity index is 2.38. The first kappa shape index (κ1) is 14.7. The number of sulfonamides is 1. The zero-order valence-electron chi connectivity index (χ0n) is 11.6. The Morgan fingerprint density at radius 1 is 1.15 bits per heavy atom. The van der Waals surface area contributed by atoms with Gasteiger partial charge < -0.3 is 0 Å². The van der Waals surface area contributed by atoms with Crippen LogP contribution in [0.15, 0.2) is 57.4 Å². The van der Waals surface area contributed by atoms with E-state index in [0.717, 1.165) is 5.56 Å². The van der Waals surface area contributed by atoms with Crippen LogP contribution in [0.1, 0.15) is 19.4 Å². The van der Waals surface area contributed by atoms with Crippen molar-refractivity contribution in [2.75, 3.05) is 0 Å². The van der Waals surface area contributed by atoms with Crippen molar-refractivity contribution < 1.29 is 12.8 Å². The second kappa shape index (κ2) is 4.98. The van der Waals surface area contributed by atoms with Crippen LogP contribution < -0.4 is 0 Å². The van der Waals surface area contributed by atoms with Crippen LogP contribution in [0.2, 0.25) is 0 Å². The first-order valence-electron chi connectivity index (χ1n) is 6.19. The summed E-state index contributed by atoms with van der Waals surface area (Å²) in [6.45, 7) is 4.90. The summed E-state index contributed by atoms with van der Waals surface area (Å²) >= 11 is 0. The van der Waals surface area contributed by atoms with Gasteiger partial charge >= 0.3 is 0 Å². The largest absolute Gasteiger partial charge is 0.282 e. The smallest absolute Gasteiger partial charge is 0.235 e. The van der Waals surface area contributed by atoms with E-state index in [1.165, 1.54) is 37.3 Å². The number of aryl methyl sites for hydroxylation is 1. The standard InChI is InChI=1S/C15H16FNO2S/c1-11-4-6-14(7-5-11)20(18,19)17-13-8-9-15(3,16)12(2)10-13/h4-10H,1-3H3/b17-13-. The maximum absolute atomic E-state index is 13.9. The SMILES string of the molecule is CC1=C/C(=N\S(=O)(=O)c2ccc(C)cc2)C=CC1(C)F. The zero-order chi connectivity index (χ0) is 15.0. The molecule has 0 heterocycles. The fourth-order valence-electron chi connectivity index (χ4n) is 1.74. The van der Waals surface area contributed by atoms with E-state index in [9.17, 15) is 12.8 Å². The van der Waals surface area contributed by atoms with Gasteiger partial charge in [-0.2, -0.15) is 12.8 Å². The Morgan fingerprint density at radius 3 is 2.30 bits per heavy atom. The quantitative estimate of drug-likeness (QED) is 0.839. The van der Waals surface area contributed by atoms with E-state index in [-0.39, 0.29) is 10.6 Å². The van der Waals surface area contributed by atoms with Gasteiger partial charge in [0.15, 0.2) is 0 Å². The predicted molar refractivity (Wildman–Crippen MR) is 78.2 cm³/mol. The number of allylic oxidation sites excluding steroid dienone is 4. The minimum Gasteiger partial charge on any atom is -0.235 e. The van der Waals surface area contributed by atoms with Crippen molar-refractivity contribution in [3.05, 3.63) is 53.6 Å². The number of hydrogen-bond acceptors (Lipinski definition) is 2. The third-order valence-corrected chi connectivity index (χ3v) is 4.57. The molecule has 0 amide bonds. The van der Waals surface area contributed by atoms with Gasteiger partial charge in [-0.1, -0.05) is 17.7 Å². The first-order valence-corrected chi connectivity index (χ1v) is 7.63. The second-order valence-electron chi connectivity index (χ2n) is 5.04. The molecule has 0 aromatic heterocycles. The normalized spacial score (nSPS) is 24.8. The highest BCUT2D eigenvalue weighted by Gasteiger charge is 2.25. The lowest BCUT2D eigenvalue weighted by Gasteiger charge is -2.20. The molecule has 0 saturated carbocycles. The van der Waals surface area contributed by atoms with E-state index in [2.05, 4.69) is 4.40 Å². The Hall–Kier alpha value is -1.75. The summed E-state index contributed by atoms with van der Waals surface area (Å²) in [5.41, 5.74) is 0.0845. The fourth-order valence-corrected chi connectivity index (χ4v) is 2.72. The molecule has 0 fully saturated rings. The first-order chi connectivity index (χ1) is 9.21. The Labute approximate surface area is 118 Å². The average Bonchev–Trinajstić information content (AvgIpc) is 2.34. The van der Waals surface area contributed by atoms with Gasteiger partial charge in [-0.3, -0.25) is 0 Å². The molecule has 1 aliphatic carbocycles. The highest BCUT2D eigenvalue weighted by Crippen LogP contribution is 2.26. The Kier molecular flexibility index (Phi) is 3.65. The zero-order valence-corrected chi connectivity index (χ0v) is 12.4. The topological polar surface area (TPSA) is 46.5 Å². The lowest BCUT2D eigenvalue weighted by Crippen LogP contribution is -2.21. The van der Waals surface area contributed by atoms with Gasteiger partial charge in [-0.15, -0.1) is 0 Å². The summed E-state index contributed by atoms with van der Waals surface area (Å²) in [5.74, 6) is 0. The number of halogens is 1. The maximum atomic E-state index is 13.9. The molecule has 1 atom stereocenters. The molecule has 1 aromatic carbocycles. The Morgan fingerprint density at radius 2 is 1.75 bits per heavy atom. The molecule has 2 rings (SSSR count). The molecule has 0 saturated heterocycles. The van der Waals surface area contributed by atoms with Crippen LogP contribution in [0.25, 0.3) is 0 Å². The van der Waals surface area contributed by atoms with Crippen LogP contribution in [0, 0.1) is 6.92 Å². The van der Waals surface area contributed by atoms with Crippen LogP contribution in [-0.4, -0.2) is 19.8 Å². The highest BCUT2D eigenvalue weighted by molar-refractivity contribution is 7.90. The van der Waals surface area contributed by atoms with Crippen molar-refractivity contribution in [1.82, 2.24) is 0 Å². The van der Waals surface area contributed by atoms with Crippen molar-refractivity contribution in [3.63, 3.8) is 0 Å². The molecule has 106 valence electrons. The molecular formula is C15H16FNO2S. The van der Waals surface area contributed by atoms with Gasteiger partial charge in [0.1, 0.15) is 5.67 Å². The predicted octanol–water partition coefficient (Wildman–Crippen LogP) is 3.37. The van der Waals surface area contributed by atoms with E-state index in [1.807, 2.05) is 6.92 Å². The van der Waals surface area contributed by atoms with Crippen LogP contribution in [0.3, 0.4) is 0 Å². The van der Waals surface area contributed by atoms with Gasteiger partial charge in [0.2, 0.25) is 0 Å². The molecule has 1 aliphatic rings. The van der Waals surface area contributed by atoms with Gasteiger partial charge in [0.25, 0.3) is 10.0 Å². The van der Waals surface area contributed by atoms with Gasteiger partial charge in [0, 0.05) is 0 Å². The molecule has 0 spiro atoms. The monoisotopic (exact) mass is 293 g/mol. The second-order valence-corrected chi connectivity index (χ2v) is 6.64. The molecule has 1 unspecified atom stereocenters. The summed E-state index contributed by atoms with van der Waals surface area (Å²) < 4.78 is 41.9. The summed E-state index contributed by atoms with van der Waals surface area (Å²) in [4.78, 5) is 0.128. The number of hydrogen-bond donors (Lipinski definition) is 0. The van der Waals surface area contributed by atoms with Crippen LogP contribution >= 0.6 is 0 Å². The average molecular weight is 293 g/mol. The van der Waals surface area contributed by atoms with Gasteiger partial charge in [-0.05, 0) is 56.7 Å². The summed E-state index contributed by atoms with van der Waals surface area (Å²) in [6.07, 6.45) is 4.15. The minimum atomic E-state index is -3.77. The molecular weight excluding hydrogens is 277 g/mol. The van der Waals surface area contributed by atoms with Crippen LogP contribution in [-0.2, 0) is 10.0 Å². The minimum absolute atomic E-state index is 0.128. The fraction of sp³-hybridized carbons (Fsp3) is 0.267. The van der Waals surface area contributed by atoms with E-state index < -0.39 is 15.7 Å². The molecule has 5 heteroatoms. The summed E-state index contributed by atoms with van der Waals surface area (Å²) in [6, 6.07) is 6.45. The number of alkyl halides is 1. The van der Waals surface area contributed by atoms with Gasteiger partial charge in [-0.25, -0.2) is 4.39 Å². The van der Waals surface area contributed by atoms with E-state index in [4.69, 9.17) is 0 Å². The lowest BCUT2D eigenvalue weighted by molar-refractivity contribution is 0.308. The van der Waals surface area contributed by atoms with Gasteiger partial charge in [0.05, 0.1) is 10.6 Å². The lowest BCUT2D eigenvalue weighted by atomic mass is 9.93. The van der Waals surface area contributed by atoms with Crippen LogP contribution in [0.4, 0.5) is 4.39 Å². The van der Waals surface area contributed by atoms with Crippen molar-refractivity contribution >= 4 is 15.7 Å². The third-order valence-electron chi connectivity index (χ3n) is 3.25. The molecule has 0 radical (unpaired) electrons. The summed E-state index contributed by atoms with van der Waals surface area (Å²) in [5, 5.41) is 0. The third kappa shape index (κ3) is 3.04. The van der Waals surface area contributed by atoms with Crippen molar-refractivity contribution in [2.24, 2.45) is 4.40 Å². The molecule has 0 aliphatic heterocycles. The van der Waals surface area contributed by atoms with E-state index >= 15 is 0 Å². The van der Waals surface area contributed by atoms with Crippen molar-refractivity contribution in [1.29, 1.82) is 0 Å². The van der Waals surface area contributed by atoms with E-state index in [1.54, 1.807) is 19.1 Å². The summed E-state index contributed by atoms with van der Waals surface area (Å²) in [7, 11) is -3.77. The van der Waals surface area contributed by atoms with E-state index in [0.29, 0.717) is 5.57 Å². The molecule has 0 N–H and O–H groups in total. The highest BCUT2D eigenvalue weighted by atomic mass is 32.2. The molecule has 0 bridgehead atoms. The van der Waals surface area contributed by atoms with Crippen LogP contribution in [0.5, 0.6) is 0 Å².